The minimum absolute atomic E-state index is 0.0369. The highest BCUT2D eigenvalue weighted by molar-refractivity contribution is 5.91. The Morgan fingerprint density at radius 3 is 2.38 bits per heavy atom. The first-order valence-electron chi connectivity index (χ1n) is 6.87. The quantitative estimate of drug-likeness (QED) is 0.617. The van der Waals surface area contributed by atoms with Crippen LogP contribution in [0.2, 0.25) is 0 Å². The minimum atomic E-state index is -0.904. The fourth-order valence-corrected chi connectivity index (χ4v) is 2.00. The smallest absolute Gasteiger partial charge is 0.404 e. The molecule has 0 saturated carbocycles. The van der Waals surface area contributed by atoms with Crippen molar-refractivity contribution < 1.29 is 28.3 Å². The molecule has 0 heterocycles. The zero-order valence-electron chi connectivity index (χ0n) is 12.5. The SMILES string of the molecule is NOC(=O)c1ccc(OCCOC(N)=O)c(-c2ccc(F)cc2)c1. The lowest BCUT2D eigenvalue weighted by molar-refractivity contribution is 0.0503. The van der Waals surface area contributed by atoms with Gasteiger partial charge in [-0.05, 0) is 35.9 Å². The van der Waals surface area contributed by atoms with Crippen LogP contribution in [0.4, 0.5) is 9.18 Å². The molecule has 0 atom stereocenters. The van der Waals surface area contributed by atoms with Crippen molar-refractivity contribution in [1.82, 2.24) is 0 Å². The van der Waals surface area contributed by atoms with E-state index in [1.165, 1.54) is 42.5 Å². The molecular weight excluding hydrogens is 319 g/mol. The van der Waals surface area contributed by atoms with Gasteiger partial charge in [0.25, 0.3) is 0 Å². The molecule has 0 fully saturated rings. The zero-order chi connectivity index (χ0) is 17.5. The van der Waals surface area contributed by atoms with E-state index in [1.54, 1.807) is 0 Å². The fraction of sp³-hybridized carbons (Fsp3) is 0.125. The summed E-state index contributed by atoms with van der Waals surface area (Å²) in [6, 6.07) is 10.1. The molecule has 2 rings (SSSR count). The Labute approximate surface area is 136 Å². The standard InChI is InChI=1S/C16H15FN2O5/c17-12-4-1-10(2-5-12)13-9-11(15(20)24-19)3-6-14(13)22-7-8-23-16(18)21/h1-6,9H,7-8,19H2,(H2,18,21). The number of nitrogens with two attached hydrogens (primary N) is 2. The van der Waals surface area contributed by atoms with E-state index < -0.39 is 17.9 Å². The fourth-order valence-electron chi connectivity index (χ4n) is 2.00. The van der Waals surface area contributed by atoms with Gasteiger partial charge < -0.3 is 20.0 Å². The number of rotatable bonds is 6. The van der Waals surface area contributed by atoms with Crippen LogP contribution in [0.25, 0.3) is 11.1 Å². The maximum absolute atomic E-state index is 13.1. The van der Waals surface area contributed by atoms with Crippen molar-refractivity contribution in [3.63, 3.8) is 0 Å². The number of hydrogen-bond donors (Lipinski definition) is 2. The molecule has 2 aromatic rings. The summed E-state index contributed by atoms with van der Waals surface area (Å²) in [6.45, 7) is 0.0165. The highest BCUT2D eigenvalue weighted by Gasteiger charge is 2.13. The lowest BCUT2D eigenvalue weighted by Crippen LogP contribution is -2.17. The Balaban J connectivity index is 2.29. The van der Waals surface area contributed by atoms with Crippen LogP contribution in [0.3, 0.4) is 0 Å². The van der Waals surface area contributed by atoms with Crippen molar-refractivity contribution in [2.24, 2.45) is 11.6 Å². The second-order valence-electron chi connectivity index (χ2n) is 4.64. The van der Waals surface area contributed by atoms with E-state index in [-0.39, 0.29) is 18.8 Å². The number of carbonyl (C=O) groups is 2. The second-order valence-corrected chi connectivity index (χ2v) is 4.64. The Morgan fingerprint density at radius 2 is 1.75 bits per heavy atom. The van der Waals surface area contributed by atoms with Gasteiger partial charge in [-0.3, -0.25) is 0 Å². The molecule has 2 aromatic carbocycles. The van der Waals surface area contributed by atoms with Crippen LogP contribution < -0.4 is 16.4 Å². The average Bonchev–Trinajstić information content (AvgIpc) is 2.58. The third-order valence-electron chi connectivity index (χ3n) is 3.06. The summed E-state index contributed by atoms with van der Waals surface area (Å²) in [5.74, 6) is 4.18. The summed E-state index contributed by atoms with van der Waals surface area (Å²) in [5, 5.41) is 0. The van der Waals surface area contributed by atoms with E-state index >= 15 is 0 Å². The maximum Gasteiger partial charge on any atom is 0.404 e. The number of carbonyl (C=O) groups excluding carboxylic acids is 2. The zero-order valence-corrected chi connectivity index (χ0v) is 12.5. The van der Waals surface area contributed by atoms with E-state index in [2.05, 4.69) is 9.57 Å². The van der Waals surface area contributed by atoms with Crippen molar-refractivity contribution in [2.75, 3.05) is 13.2 Å². The lowest BCUT2D eigenvalue weighted by Gasteiger charge is -2.13. The van der Waals surface area contributed by atoms with Gasteiger partial charge >= 0.3 is 12.1 Å². The minimum Gasteiger partial charge on any atom is -0.489 e. The first kappa shape index (κ1) is 17.2. The largest absolute Gasteiger partial charge is 0.489 e. The Hall–Kier alpha value is -3.13. The van der Waals surface area contributed by atoms with Gasteiger partial charge in [-0.1, -0.05) is 12.1 Å². The van der Waals surface area contributed by atoms with Crippen molar-refractivity contribution >= 4 is 12.1 Å². The van der Waals surface area contributed by atoms with Crippen LogP contribution in [0, 0.1) is 5.82 Å². The number of ether oxygens (including phenoxy) is 2. The third-order valence-corrected chi connectivity index (χ3v) is 3.06. The first-order valence-corrected chi connectivity index (χ1v) is 6.87. The van der Waals surface area contributed by atoms with Gasteiger partial charge in [-0.25, -0.2) is 14.0 Å². The molecule has 0 radical (unpaired) electrons. The second kappa shape index (κ2) is 7.93. The number of halogens is 1. The molecular formula is C16H15FN2O5. The molecule has 1 amide bonds. The van der Waals surface area contributed by atoms with Gasteiger partial charge in [0.15, 0.2) is 0 Å². The summed E-state index contributed by atoms with van der Waals surface area (Å²) in [7, 11) is 0. The molecule has 0 spiro atoms. The number of hydrogen-bond acceptors (Lipinski definition) is 6. The monoisotopic (exact) mass is 334 g/mol. The normalized spacial score (nSPS) is 10.1. The maximum atomic E-state index is 13.1. The molecule has 0 bridgehead atoms. The Morgan fingerprint density at radius 1 is 1.04 bits per heavy atom. The van der Waals surface area contributed by atoms with E-state index in [9.17, 15) is 14.0 Å². The Kier molecular flexibility index (Phi) is 5.69. The molecule has 0 aliphatic carbocycles. The van der Waals surface area contributed by atoms with Gasteiger partial charge in [0, 0.05) is 5.56 Å². The molecule has 0 aliphatic rings. The topological polar surface area (TPSA) is 114 Å². The van der Waals surface area contributed by atoms with Gasteiger partial charge in [0.1, 0.15) is 24.8 Å². The van der Waals surface area contributed by atoms with E-state index in [0.717, 1.165) is 0 Å². The van der Waals surface area contributed by atoms with Gasteiger partial charge in [-0.2, -0.15) is 5.90 Å². The summed E-state index contributed by atoms with van der Waals surface area (Å²) in [6.07, 6.45) is -0.904. The van der Waals surface area contributed by atoms with E-state index in [0.29, 0.717) is 16.9 Å². The van der Waals surface area contributed by atoms with Crippen molar-refractivity contribution in [3.05, 3.63) is 53.8 Å². The van der Waals surface area contributed by atoms with Gasteiger partial charge in [-0.15, -0.1) is 0 Å². The summed E-state index contributed by atoms with van der Waals surface area (Å²) >= 11 is 0. The number of benzene rings is 2. The van der Waals surface area contributed by atoms with E-state index in [1.807, 2.05) is 0 Å². The molecule has 8 heteroatoms. The molecule has 0 unspecified atom stereocenters. The lowest BCUT2D eigenvalue weighted by atomic mass is 10.0. The van der Waals surface area contributed by atoms with Crippen LogP contribution in [-0.2, 0) is 9.57 Å². The van der Waals surface area contributed by atoms with Crippen molar-refractivity contribution in [2.45, 2.75) is 0 Å². The molecule has 0 saturated heterocycles. The molecule has 24 heavy (non-hydrogen) atoms. The molecule has 0 aliphatic heterocycles. The third kappa shape index (κ3) is 4.43. The number of primary amides is 1. The molecule has 7 nitrogen and oxygen atoms in total. The molecule has 4 N–H and O–H groups in total. The van der Waals surface area contributed by atoms with Crippen LogP contribution >= 0.6 is 0 Å². The highest BCUT2D eigenvalue weighted by Crippen LogP contribution is 2.31. The van der Waals surface area contributed by atoms with Crippen LogP contribution in [-0.4, -0.2) is 25.3 Å². The predicted molar refractivity (Wildman–Crippen MR) is 82.5 cm³/mol. The summed E-state index contributed by atoms with van der Waals surface area (Å²) < 4.78 is 23.2. The van der Waals surface area contributed by atoms with Crippen LogP contribution in [0.1, 0.15) is 10.4 Å². The van der Waals surface area contributed by atoms with Gasteiger partial charge in [0.2, 0.25) is 0 Å². The first-order chi connectivity index (χ1) is 11.5. The summed E-state index contributed by atoms with van der Waals surface area (Å²) in [4.78, 5) is 26.3. The van der Waals surface area contributed by atoms with E-state index in [4.69, 9.17) is 16.4 Å². The Bertz CT molecular complexity index is 734. The number of amides is 1. The van der Waals surface area contributed by atoms with Gasteiger partial charge in [0.05, 0.1) is 5.56 Å². The predicted octanol–water partition coefficient (Wildman–Crippen LogP) is 2.00. The molecule has 0 aromatic heterocycles. The average molecular weight is 334 g/mol. The molecule has 126 valence electrons. The highest BCUT2D eigenvalue weighted by atomic mass is 19.1. The van der Waals surface area contributed by atoms with Crippen LogP contribution in [0.15, 0.2) is 42.5 Å². The van der Waals surface area contributed by atoms with Crippen molar-refractivity contribution in [3.8, 4) is 16.9 Å². The van der Waals surface area contributed by atoms with Crippen molar-refractivity contribution in [1.29, 1.82) is 0 Å². The summed E-state index contributed by atoms with van der Waals surface area (Å²) in [5.41, 5.74) is 6.21. The van der Waals surface area contributed by atoms with Crippen LogP contribution in [0.5, 0.6) is 5.75 Å².